The molecule has 6 heteroatoms. The first kappa shape index (κ1) is 17.6. The molecule has 2 atom stereocenters. The Bertz CT molecular complexity index is 865. The van der Waals surface area contributed by atoms with E-state index in [4.69, 9.17) is 0 Å². The van der Waals surface area contributed by atoms with E-state index in [0.717, 1.165) is 11.1 Å². The monoisotopic (exact) mass is 358 g/mol. The molecule has 2 unspecified atom stereocenters. The zero-order valence-electron chi connectivity index (χ0n) is 14.4. The molecule has 0 saturated carbocycles. The summed E-state index contributed by atoms with van der Waals surface area (Å²) in [5.74, 6) is -0.461. The highest BCUT2D eigenvalue weighted by atomic mass is 32.2. The highest BCUT2D eigenvalue weighted by Gasteiger charge is 2.36. The van der Waals surface area contributed by atoms with Gasteiger partial charge in [0, 0.05) is 19.3 Å². The van der Waals surface area contributed by atoms with Crippen molar-refractivity contribution in [2.75, 3.05) is 18.6 Å². The molecule has 1 saturated heterocycles. The molecule has 0 N–H and O–H groups in total. The van der Waals surface area contributed by atoms with Gasteiger partial charge in [0.2, 0.25) is 5.91 Å². The van der Waals surface area contributed by atoms with Crippen molar-refractivity contribution in [2.45, 2.75) is 25.3 Å². The topological polar surface area (TPSA) is 67.3 Å². The molecule has 0 aliphatic carbocycles. The average Bonchev–Trinajstić information content (AvgIpc) is 2.97. The standard InChI is InChI=1S/C19H22N2O3S/c1-14-7-3-4-8-16(14)18(17-9-5-6-11-20-17)19(22)21(2)15-10-12-25(23,24)13-15/h3-9,11,15,18H,10,12-13H2,1-2H3. The number of sulfone groups is 1. The number of carbonyl (C=O) groups excluding carboxylic acids is 1. The number of pyridine rings is 1. The van der Waals surface area contributed by atoms with Crippen LogP contribution in [0.2, 0.25) is 0 Å². The number of rotatable bonds is 4. The number of likely N-dealkylation sites (N-methyl/N-ethyl adjacent to an activating group) is 1. The van der Waals surface area contributed by atoms with Gasteiger partial charge >= 0.3 is 0 Å². The molecule has 1 aromatic heterocycles. The third kappa shape index (κ3) is 3.74. The summed E-state index contributed by atoms with van der Waals surface area (Å²) in [6.45, 7) is 1.97. The second-order valence-electron chi connectivity index (χ2n) is 6.55. The van der Waals surface area contributed by atoms with E-state index < -0.39 is 15.8 Å². The highest BCUT2D eigenvalue weighted by Crippen LogP contribution is 2.29. The van der Waals surface area contributed by atoms with Gasteiger partial charge in [-0.25, -0.2) is 8.42 Å². The fourth-order valence-electron chi connectivity index (χ4n) is 3.34. The summed E-state index contributed by atoms with van der Waals surface area (Å²) in [6.07, 6.45) is 2.17. The Labute approximate surface area is 148 Å². The summed E-state index contributed by atoms with van der Waals surface area (Å²) in [6, 6.07) is 13.0. The molecule has 3 rings (SSSR count). The van der Waals surface area contributed by atoms with Crippen molar-refractivity contribution >= 4 is 15.7 Å². The first-order valence-corrected chi connectivity index (χ1v) is 10.1. The smallest absolute Gasteiger partial charge is 0.236 e. The minimum Gasteiger partial charge on any atom is -0.341 e. The fourth-order valence-corrected chi connectivity index (χ4v) is 5.12. The minimum atomic E-state index is -3.05. The predicted molar refractivity (Wildman–Crippen MR) is 97.1 cm³/mol. The highest BCUT2D eigenvalue weighted by molar-refractivity contribution is 7.91. The van der Waals surface area contributed by atoms with E-state index in [2.05, 4.69) is 4.98 Å². The molecule has 5 nitrogen and oxygen atoms in total. The summed E-state index contributed by atoms with van der Waals surface area (Å²) < 4.78 is 23.6. The van der Waals surface area contributed by atoms with E-state index in [-0.39, 0.29) is 23.5 Å². The van der Waals surface area contributed by atoms with Crippen molar-refractivity contribution in [1.29, 1.82) is 0 Å². The molecule has 1 aliphatic heterocycles. The van der Waals surface area contributed by atoms with E-state index in [1.807, 2.05) is 49.4 Å². The van der Waals surface area contributed by atoms with Gasteiger partial charge in [-0.1, -0.05) is 30.3 Å². The second-order valence-corrected chi connectivity index (χ2v) is 8.78. The Hall–Kier alpha value is -2.21. The van der Waals surface area contributed by atoms with Gasteiger partial charge in [-0.05, 0) is 36.6 Å². The van der Waals surface area contributed by atoms with Crippen molar-refractivity contribution in [2.24, 2.45) is 0 Å². The number of aromatic nitrogens is 1. The van der Waals surface area contributed by atoms with Gasteiger partial charge < -0.3 is 4.90 Å². The van der Waals surface area contributed by atoms with Crippen LogP contribution in [-0.4, -0.2) is 48.8 Å². The van der Waals surface area contributed by atoms with E-state index in [1.54, 1.807) is 18.1 Å². The molecule has 25 heavy (non-hydrogen) atoms. The number of hydrogen-bond donors (Lipinski definition) is 0. The van der Waals surface area contributed by atoms with Gasteiger partial charge in [0.05, 0.1) is 17.2 Å². The summed E-state index contributed by atoms with van der Waals surface area (Å²) >= 11 is 0. The largest absolute Gasteiger partial charge is 0.341 e. The number of benzene rings is 1. The minimum absolute atomic E-state index is 0.0396. The van der Waals surface area contributed by atoms with Gasteiger partial charge in [-0.15, -0.1) is 0 Å². The predicted octanol–water partition coefficient (Wildman–Crippen LogP) is 2.17. The van der Waals surface area contributed by atoms with Crippen molar-refractivity contribution in [3.8, 4) is 0 Å². The van der Waals surface area contributed by atoms with Crippen LogP contribution >= 0.6 is 0 Å². The van der Waals surface area contributed by atoms with Gasteiger partial charge in [-0.2, -0.15) is 0 Å². The fraction of sp³-hybridized carbons (Fsp3) is 0.368. The maximum Gasteiger partial charge on any atom is 0.236 e. The summed E-state index contributed by atoms with van der Waals surface area (Å²) in [7, 11) is -1.35. The molecule has 0 radical (unpaired) electrons. The molecule has 2 heterocycles. The van der Waals surface area contributed by atoms with Gasteiger partial charge in [0.1, 0.15) is 5.92 Å². The van der Waals surface area contributed by atoms with E-state index in [1.165, 1.54) is 0 Å². The summed E-state index contributed by atoms with van der Waals surface area (Å²) in [5.41, 5.74) is 2.59. The first-order valence-electron chi connectivity index (χ1n) is 8.32. The second kappa shape index (κ2) is 6.96. The molecule has 2 aromatic rings. The van der Waals surface area contributed by atoms with Crippen molar-refractivity contribution < 1.29 is 13.2 Å². The zero-order valence-corrected chi connectivity index (χ0v) is 15.2. The van der Waals surface area contributed by atoms with Crippen LogP contribution in [0.1, 0.15) is 29.2 Å². The van der Waals surface area contributed by atoms with Crippen LogP contribution in [0.4, 0.5) is 0 Å². The average molecular weight is 358 g/mol. The van der Waals surface area contributed by atoms with E-state index in [9.17, 15) is 13.2 Å². The lowest BCUT2D eigenvalue weighted by atomic mass is 9.90. The van der Waals surface area contributed by atoms with Crippen LogP contribution in [0.15, 0.2) is 48.7 Å². The lowest BCUT2D eigenvalue weighted by Crippen LogP contribution is -2.41. The van der Waals surface area contributed by atoms with Gasteiger partial charge in [0.25, 0.3) is 0 Å². The van der Waals surface area contributed by atoms with Gasteiger partial charge in [0.15, 0.2) is 9.84 Å². The molecular weight excluding hydrogens is 336 g/mol. The van der Waals surface area contributed by atoms with Crippen LogP contribution in [0.5, 0.6) is 0 Å². The molecule has 1 aliphatic rings. The molecular formula is C19H22N2O3S. The Kier molecular flexibility index (Phi) is 4.90. The van der Waals surface area contributed by atoms with E-state index >= 15 is 0 Å². The number of carbonyl (C=O) groups is 1. The Morgan fingerprint density at radius 2 is 1.92 bits per heavy atom. The third-order valence-corrected chi connectivity index (χ3v) is 6.58. The number of amides is 1. The maximum absolute atomic E-state index is 13.3. The lowest BCUT2D eigenvalue weighted by Gasteiger charge is -2.29. The van der Waals surface area contributed by atoms with Crippen LogP contribution in [0, 0.1) is 6.92 Å². The quantitative estimate of drug-likeness (QED) is 0.840. The van der Waals surface area contributed by atoms with Crippen LogP contribution in [0.25, 0.3) is 0 Å². The van der Waals surface area contributed by atoms with Crippen LogP contribution < -0.4 is 0 Å². The molecule has 1 aromatic carbocycles. The van der Waals surface area contributed by atoms with Crippen molar-refractivity contribution in [3.05, 3.63) is 65.5 Å². The van der Waals surface area contributed by atoms with E-state index in [0.29, 0.717) is 12.1 Å². The Morgan fingerprint density at radius 1 is 1.20 bits per heavy atom. The summed E-state index contributed by atoms with van der Waals surface area (Å²) in [5, 5.41) is 0. The molecule has 0 spiro atoms. The van der Waals surface area contributed by atoms with Gasteiger partial charge in [-0.3, -0.25) is 9.78 Å². The van der Waals surface area contributed by atoms with Crippen LogP contribution in [0.3, 0.4) is 0 Å². The number of aryl methyl sites for hydroxylation is 1. The van der Waals surface area contributed by atoms with Crippen molar-refractivity contribution in [1.82, 2.24) is 9.88 Å². The number of nitrogens with zero attached hydrogens (tertiary/aromatic N) is 2. The lowest BCUT2D eigenvalue weighted by molar-refractivity contribution is -0.132. The molecule has 0 bridgehead atoms. The number of hydrogen-bond acceptors (Lipinski definition) is 4. The molecule has 1 amide bonds. The summed E-state index contributed by atoms with van der Waals surface area (Å²) in [4.78, 5) is 19.3. The first-order chi connectivity index (χ1) is 11.9. The normalized spacial score (nSPS) is 20.2. The van der Waals surface area contributed by atoms with Crippen LogP contribution in [-0.2, 0) is 14.6 Å². The third-order valence-electron chi connectivity index (χ3n) is 4.83. The maximum atomic E-state index is 13.3. The van der Waals surface area contributed by atoms with Crippen molar-refractivity contribution in [3.63, 3.8) is 0 Å². The zero-order chi connectivity index (χ0) is 18.0. The molecule has 1 fully saturated rings. The molecule has 132 valence electrons. The Balaban J connectivity index is 1.97. The SMILES string of the molecule is Cc1ccccc1C(C(=O)N(C)C1CCS(=O)(=O)C1)c1ccccn1. The Morgan fingerprint density at radius 3 is 2.52 bits per heavy atom.